The van der Waals surface area contributed by atoms with Crippen LogP contribution in [0.4, 0.5) is 5.69 Å². The predicted octanol–water partition coefficient (Wildman–Crippen LogP) is 3.26. The molecule has 17 heavy (non-hydrogen) atoms. The summed E-state index contributed by atoms with van der Waals surface area (Å²) in [6.45, 7) is 2.04. The highest BCUT2D eigenvalue weighted by atomic mass is 35.5. The monoisotopic (exact) mass is 247 g/mol. The largest absolute Gasteiger partial charge is 0.278 e. The molecule has 0 spiro atoms. The molecule has 88 valence electrons. The fourth-order valence-electron chi connectivity index (χ4n) is 1.32. The van der Waals surface area contributed by atoms with Crippen LogP contribution >= 0.6 is 12.4 Å². The SMILES string of the molecule is Cc1ccccc1N/N=C/c1ccccn1.Cl. The molecule has 0 amide bonds. The number of pyridine rings is 1. The highest BCUT2D eigenvalue weighted by Gasteiger charge is 1.92. The van der Waals surface area contributed by atoms with Crippen LogP contribution in [-0.2, 0) is 0 Å². The summed E-state index contributed by atoms with van der Waals surface area (Å²) >= 11 is 0. The quantitative estimate of drug-likeness (QED) is 0.668. The molecule has 1 heterocycles. The molecule has 1 N–H and O–H groups in total. The smallest absolute Gasteiger partial charge is 0.0830 e. The Balaban J connectivity index is 0.00000144. The van der Waals surface area contributed by atoms with Gasteiger partial charge >= 0.3 is 0 Å². The van der Waals surface area contributed by atoms with E-state index in [1.807, 2.05) is 49.4 Å². The summed E-state index contributed by atoms with van der Waals surface area (Å²) in [5.41, 5.74) is 6.00. The fourth-order valence-corrected chi connectivity index (χ4v) is 1.32. The number of nitrogens with zero attached hydrogens (tertiary/aromatic N) is 2. The standard InChI is InChI=1S/C13H13N3.ClH/c1-11-6-2-3-8-13(11)16-15-10-12-7-4-5-9-14-12;/h2-10,16H,1H3;1H/b15-10+;. The van der Waals surface area contributed by atoms with Gasteiger partial charge in [-0.2, -0.15) is 5.10 Å². The Kier molecular flexibility index (Phi) is 5.17. The lowest BCUT2D eigenvalue weighted by Crippen LogP contribution is -1.93. The van der Waals surface area contributed by atoms with Gasteiger partial charge in [-0.05, 0) is 30.7 Å². The molecule has 0 aliphatic carbocycles. The summed E-state index contributed by atoms with van der Waals surface area (Å²) in [5, 5.41) is 4.14. The molecule has 0 aliphatic heterocycles. The Hall–Kier alpha value is -1.87. The average molecular weight is 248 g/mol. The molecule has 4 heteroatoms. The molecule has 1 aromatic carbocycles. The maximum Gasteiger partial charge on any atom is 0.0830 e. The van der Waals surface area contributed by atoms with Gasteiger partial charge < -0.3 is 0 Å². The van der Waals surface area contributed by atoms with E-state index < -0.39 is 0 Å². The van der Waals surface area contributed by atoms with Crippen molar-refractivity contribution in [2.45, 2.75) is 6.92 Å². The molecular weight excluding hydrogens is 234 g/mol. The molecule has 2 rings (SSSR count). The number of halogens is 1. The van der Waals surface area contributed by atoms with Gasteiger partial charge in [0.2, 0.25) is 0 Å². The molecular formula is C13H14ClN3. The van der Waals surface area contributed by atoms with Crippen LogP contribution in [0.3, 0.4) is 0 Å². The first-order valence-electron chi connectivity index (χ1n) is 5.12. The highest BCUT2D eigenvalue weighted by Crippen LogP contribution is 2.12. The third-order valence-corrected chi connectivity index (χ3v) is 2.21. The molecule has 0 atom stereocenters. The fraction of sp³-hybridized carbons (Fsp3) is 0.0769. The van der Waals surface area contributed by atoms with Gasteiger partial charge in [-0.15, -0.1) is 12.4 Å². The number of hydrazone groups is 1. The Morgan fingerprint density at radius 3 is 2.59 bits per heavy atom. The first-order valence-corrected chi connectivity index (χ1v) is 5.12. The van der Waals surface area contributed by atoms with Gasteiger partial charge in [0.25, 0.3) is 0 Å². The lowest BCUT2D eigenvalue weighted by Gasteiger charge is -2.02. The Morgan fingerprint density at radius 1 is 1.12 bits per heavy atom. The number of hydrogen-bond donors (Lipinski definition) is 1. The van der Waals surface area contributed by atoms with E-state index in [4.69, 9.17) is 0 Å². The van der Waals surface area contributed by atoms with Crippen molar-refractivity contribution in [3.63, 3.8) is 0 Å². The van der Waals surface area contributed by atoms with E-state index >= 15 is 0 Å². The first-order chi connectivity index (χ1) is 7.86. The van der Waals surface area contributed by atoms with Gasteiger partial charge in [0.15, 0.2) is 0 Å². The Morgan fingerprint density at radius 2 is 1.88 bits per heavy atom. The van der Waals surface area contributed by atoms with Crippen LogP contribution in [0.5, 0.6) is 0 Å². The van der Waals surface area contributed by atoms with E-state index in [0.717, 1.165) is 11.4 Å². The molecule has 0 aliphatic rings. The van der Waals surface area contributed by atoms with Crippen molar-refractivity contribution in [2.75, 3.05) is 5.43 Å². The predicted molar refractivity (Wildman–Crippen MR) is 73.9 cm³/mol. The summed E-state index contributed by atoms with van der Waals surface area (Å²) in [6, 6.07) is 13.7. The molecule has 0 fully saturated rings. The lowest BCUT2D eigenvalue weighted by atomic mass is 10.2. The zero-order valence-corrected chi connectivity index (χ0v) is 10.3. The molecule has 1 aromatic heterocycles. The highest BCUT2D eigenvalue weighted by molar-refractivity contribution is 5.85. The van der Waals surface area contributed by atoms with Crippen LogP contribution in [0.15, 0.2) is 53.8 Å². The topological polar surface area (TPSA) is 37.3 Å². The number of benzene rings is 1. The van der Waals surface area contributed by atoms with Crippen LogP contribution in [0.2, 0.25) is 0 Å². The van der Waals surface area contributed by atoms with Crippen molar-refractivity contribution in [2.24, 2.45) is 5.10 Å². The van der Waals surface area contributed by atoms with Gasteiger partial charge in [0.1, 0.15) is 0 Å². The maximum atomic E-state index is 4.14. The minimum Gasteiger partial charge on any atom is -0.278 e. The van der Waals surface area contributed by atoms with Gasteiger partial charge in [-0.1, -0.05) is 24.3 Å². The van der Waals surface area contributed by atoms with Crippen LogP contribution in [0.1, 0.15) is 11.3 Å². The third-order valence-electron chi connectivity index (χ3n) is 2.21. The number of nitrogens with one attached hydrogen (secondary N) is 1. The average Bonchev–Trinajstić information content (AvgIpc) is 2.33. The lowest BCUT2D eigenvalue weighted by molar-refractivity contribution is 1.27. The number of anilines is 1. The molecule has 0 bridgehead atoms. The summed E-state index contributed by atoms with van der Waals surface area (Å²) in [4.78, 5) is 4.14. The number of aryl methyl sites for hydroxylation is 1. The van der Waals surface area contributed by atoms with Gasteiger partial charge in [0.05, 0.1) is 17.6 Å². The normalized spacial score (nSPS) is 9.94. The van der Waals surface area contributed by atoms with E-state index in [2.05, 4.69) is 15.5 Å². The minimum atomic E-state index is 0. The number of hydrogen-bond acceptors (Lipinski definition) is 3. The molecule has 3 nitrogen and oxygen atoms in total. The number of rotatable bonds is 3. The minimum absolute atomic E-state index is 0. The molecule has 0 saturated carbocycles. The summed E-state index contributed by atoms with van der Waals surface area (Å²) in [6.07, 6.45) is 3.45. The maximum absolute atomic E-state index is 4.14. The van der Waals surface area contributed by atoms with Gasteiger partial charge in [0, 0.05) is 6.20 Å². The summed E-state index contributed by atoms with van der Waals surface area (Å²) < 4.78 is 0. The second-order valence-corrected chi connectivity index (χ2v) is 3.44. The van der Waals surface area contributed by atoms with Crippen molar-refractivity contribution in [1.82, 2.24) is 4.98 Å². The summed E-state index contributed by atoms with van der Waals surface area (Å²) in [7, 11) is 0. The molecule has 2 aromatic rings. The molecule has 0 unspecified atom stereocenters. The Labute approximate surface area is 107 Å². The Bertz CT molecular complexity index is 483. The van der Waals surface area contributed by atoms with E-state index in [1.165, 1.54) is 5.56 Å². The van der Waals surface area contributed by atoms with Crippen molar-refractivity contribution in [3.05, 3.63) is 59.9 Å². The second-order valence-electron chi connectivity index (χ2n) is 3.44. The van der Waals surface area contributed by atoms with E-state index in [1.54, 1.807) is 12.4 Å². The van der Waals surface area contributed by atoms with Crippen molar-refractivity contribution < 1.29 is 0 Å². The van der Waals surface area contributed by atoms with Crippen LogP contribution in [0, 0.1) is 6.92 Å². The zero-order valence-electron chi connectivity index (χ0n) is 9.50. The molecule has 0 radical (unpaired) electrons. The second kappa shape index (κ2) is 6.66. The van der Waals surface area contributed by atoms with E-state index in [9.17, 15) is 0 Å². The van der Waals surface area contributed by atoms with Gasteiger partial charge in [-0.3, -0.25) is 10.4 Å². The number of aromatic nitrogens is 1. The van der Waals surface area contributed by atoms with Crippen LogP contribution in [-0.4, -0.2) is 11.2 Å². The van der Waals surface area contributed by atoms with Gasteiger partial charge in [-0.25, -0.2) is 0 Å². The van der Waals surface area contributed by atoms with E-state index in [-0.39, 0.29) is 12.4 Å². The molecule has 0 saturated heterocycles. The summed E-state index contributed by atoms with van der Waals surface area (Å²) in [5.74, 6) is 0. The van der Waals surface area contributed by atoms with Crippen LogP contribution in [0.25, 0.3) is 0 Å². The van der Waals surface area contributed by atoms with Crippen LogP contribution < -0.4 is 5.43 Å². The number of para-hydroxylation sites is 1. The first kappa shape index (κ1) is 13.2. The van der Waals surface area contributed by atoms with Crippen molar-refractivity contribution in [3.8, 4) is 0 Å². The third kappa shape index (κ3) is 3.89. The van der Waals surface area contributed by atoms with E-state index in [0.29, 0.717) is 0 Å². The van der Waals surface area contributed by atoms with Crippen molar-refractivity contribution >= 4 is 24.3 Å². The zero-order chi connectivity index (χ0) is 11.2. The van der Waals surface area contributed by atoms with Crippen molar-refractivity contribution in [1.29, 1.82) is 0 Å².